The Kier molecular flexibility index (Phi) is 6.43. The quantitative estimate of drug-likeness (QED) is 0.508. The monoisotopic (exact) mass is 471 g/mol. The Morgan fingerprint density at radius 1 is 1.14 bits per heavy atom. The predicted molar refractivity (Wildman–Crippen MR) is 128 cm³/mol. The molecule has 2 N–H and O–H groups in total. The molecule has 1 fully saturated rings. The van der Waals surface area contributed by atoms with Crippen molar-refractivity contribution in [2.24, 2.45) is 5.41 Å². The highest BCUT2D eigenvalue weighted by molar-refractivity contribution is 5.92. The average Bonchev–Trinajstić information content (AvgIpc) is 3.43. The van der Waals surface area contributed by atoms with Crippen molar-refractivity contribution in [1.82, 2.24) is 9.88 Å². The first-order chi connectivity index (χ1) is 16.7. The van der Waals surface area contributed by atoms with E-state index in [0.29, 0.717) is 11.1 Å². The van der Waals surface area contributed by atoms with E-state index in [9.17, 15) is 19.5 Å². The molecule has 2 aromatic carbocycles. The van der Waals surface area contributed by atoms with Crippen molar-refractivity contribution in [2.75, 3.05) is 6.61 Å². The number of rotatable bonds is 7. The van der Waals surface area contributed by atoms with Crippen molar-refractivity contribution in [1.29, 1.82) is 5.26 Å². The van der Waals surface area contributed by atoms with Gasteiger partial charge in [0.25, 0.3) is 0 Å². The highest BCUT2D eigenvalue weighted by Crippen LogP contribution is 2.30. The molecule has 8 heteroatoms. The topological polar surface area (TPSA) is 121 Å². The van der Waals surface area contributed by atoms with Crippen LogP contribution in [-0.4, -0.2) is 40.2 Å². The third-order valence-corrected chi connectivity index (χ3v) is 6.22. The van der Waals surface area contributed by atoms with Crippen molar-refractivity contribution < 1.29 is 24.2 Å². The summed E-state index contributed by atoms with van der Waals surface area (Å²) >= 11 is 0. The standard InChI is InChI=1S/C27H25N3O5/c1-27(2)16-35-26(34)24(27)29-25(33)22(13-23(31)32)20-11-12-30(15-20)21-9-7-19(8-10-21)18-5-3-17(14-28)4-6-18/h3-12,15,22,24H,13,16H2,1-2H3,(H,29,33)(H,31,32)/t22-,24-/m1/s1. The van der Waals surface area contributed by atoms with Crippen LogP contribution in [-0.2, 0) is 19.1 Å². The van der Waals surface area contributed by atoms with Gasteiger partial charge in [-0.3, -0.25) is 9.59 Å². The number of ether oxygens (including phenoxy) is 1. The van der Waals surface area contributed by atoms with Crippen molar-refractivity contribution in [3.63, 3.8) is 0 Å². The number of aromatic nitrogens is 1. The normalized spacial score (nSPS) is 17.3. The second-order valence-electron chi connectivity index (χ2n) is 9.28. The third kappa shape index (κ3) is 5.09. The number of nitriles is 1. The Hall–Kier alpha value is -4.38. The second kappa shape index (κ2) is 9.47. The molecule has 0 aliphatic carbocycles. The number of benzene rings is 2. The number of hydrogen-bond donors (Lipinski definition) is 2. The first-order valence-electron chi connectivity index (χ1n) is 11.2. The number of nitrogens with one attached hydrogen (secondary N) is 1. The van der Waals surface area contributed by atoms with Gasteiger partial charge in [-0.15, -0.1) is 0 Å². The van der Waals surface area contributed by atoms with Crippen LogP contribution in [0, 0.1) is 16.7 Å². The number of carboxylic acid groups (broad SMARTS) is 1. The fourth-order valence-corrected chi connectivity index (χ4v) is 4.12. The van der Waals surface area contributed by atoms with E-state index in [1.54, 1.807) is 30.6 Å². The lowest BCUT2D eigenvalue weighted by Gasteiger charge is -2.24. The number of hydrogen-bond acceptors (Lipinski definition) is 5. The SMILES string of the molecule is CC1(C)COC(=O)[C@H]1NC(=O)[C@H](CC(=O)O)c1ccn(-c2ccc(-c3ccc(C#N)cc3)cc2)c1. The number of carbonyl (C=O) groups is 3. The molecular formula is C27H25N3O5. The molecule has 1 saturated heterocycles. The van der Waals surface area contributed by atoms with E-state index in [1.807, 2.05) is 54.8 Å². The van der Waals surface area contributed by atoms with Gasteiger partial charge in [-0.25, -0.2) is 4.79 Å². The van der Waals surface area contributed by atoms with E-state index >= 15 is 0 Å². The van der Waals surface area contributed by atoms with Crippen molar-refractivity contribution in [3.8, 4) is 22.9 Å². The van der Waals surface area contributed by atoms with E-state index in [0.717, 1.165) is 16.8 Å². The maximum absolute atomic E-state index is 13.0. The number of carbonyl (C=O) groups excluding carboxylic acids is 2. The number of nitrogens with zero attached hydrogens (tertiary/aromatic N) is 2. The Labute approximate surface area is 202 Å². The smallest absolute Gasteiger partial charge is 0.329 e. The number of carboxylic acids is 1. The fraction of sp³-hybridized carbons (Fsp3) is 0.259. The minimum Gasteiger partial charge on any atom is -0.481 e. The van der Waals surface area contributed by atoms with E-state index in [-0.39, 0.29) is 6.61 Å². The van der Waals surface area contributed by atoms with Crippen LogP contribution in [0.1, 0.15) is 37.3 Å². The molecule has 1 aliphatic heterocycles. The number of esters is 1. The first-order valence-corrected chi connectivity index (χ1v) is 11.2. The summed E-state index contributed by atoms with van der Waals surface area (Å²) in [6, 6.07) is 18.0. The van der Waals surface area contributed by atoms with Crippen molar-refractivity contribution in [2.45, 2.75) is 32.2 Å². The zero-order chi connectivity index (χ0) is 25.2. The van der Waals surface area contributed by atoms with Crippen LogP contribution in [0.2, 0.25) is 0 Å². The summed E-state index contributed by atoms with van der Waals surface area (Å²) in [7, 11) is 0. The van der Waals surface area contributed by atoms with Gasteiger partial charge in [-0.05, 0) is 47.0 Å². The average molecular weight is 472 g/mol. The molecule has 2 atom stereocenters. The van der Waals surface area contributed by atoms with Gasteiger partial charge in [-0.1, -0.05) is 38.1 Å². The van der Waals surface area contributed by atoms with Crippen molar-refractivity contribution >= 4 is 17.8 Å². The number of amides is 1. The van der Waals surface area contributed by atoms with Crippen LogP contribution < -0.4 is 5.32 Å². The molecule has 178 valence electrons. The van der Waals surface area contributed by atoms with Gasteiger partial charge in [0.1, 0.15) is 6.04 Å². The molecule has 0 spiro atoms. The van der Waals surface area contributed by atoms with E-state index in [2.05, 4.69) is 11.4 Å². The summed E-state index contributed by atoms with van der Waals surface area (Å²) in [6.45, 7) is 3.81. The predicted octanol–water partition coefficient (Wildman–Crippen LogP) is 3.64. The molecule has 0 unspecified atom stereocenters. The summed E-state index contributed by atoms with van der Waals surface area (Å²) < 4.78 is 6.89. The van der Waals surface area contributed by atoms with Crippen LogP contribution in [0.25, 0.3) is 16.8 Å². The highest BCUT2D eigenvalue weighted by Gasteiger charge is 2.45. The molecule has 0 radical (unpaired) electrons. The Bertz CT molecular complexity index is 1300. The zero-order valence-electron chi connectivity index (χ0n) is 19.4. The molecule has 1 aromatic heterocycles. The van der Waals surface area contributed by atoms with E-state index < -0.39 is 41.6 Å². The largest absolute Gasteiger partial charge is 0.481 e. The first kappa shape index (κ1) is 23.8. The molecule has 8 nitrogen and oxygen atoms in total. The van der Waals surface area contributed by atoms with Crippen molar-refractivity contribution in [3.05, 3.63) is 78.1 Å². The highest BCUT2D eigenvalue weighted by atomic mass is 16.5. The maximum Gasteiger partial charge on any atom is 0.329 e. The number of cyclic esters (lactones) is 1. The zero-order valence-corrected chi connectivity index (χ0v) is 19.4. The molecule has 0 saturated carbocycles. The lowest BCUT2D eigenvalue weighted by atomic mass is 9.86. The molecule has 4 rings (SSSR count). The van der Waals surface area contributed by atoms with Gasteiger partial charge in [0.15, 0.2) is 0 Å². The van der Waals surface area contributed by atoms with Gasteiger partial charge in [0.2, 0.25) is 5.91 Å². The van der Waals surface area contributed by atoms with E-state index in [4.69, 9.17) is 10.00 Å². The van der Waals surface area contributed by atoms with Gasteiger partial charge in [0, 0.05) is 23.5 Å². The number of aliphatic carboxylic acids is 1. The molecule has 2 heterocycles. The lowest BCUT2D eigenvalue weighted by molar-refractivity contribution is -0.142. The van der Waals surface area contributed by atoms with Gasteiger partial charge < -0.3 is 19.7 Å². The van der Waals surface area contributed by atoms with Gasteiger partial charge in [-0.2, -0.15) is 5.26 Å². The Morgan fingerprint density at radius 2 is 1.77 bits per heavy atom. The van der Waals surface area contributed by atoms with E-state index in [1.165, 1.54) is 0 Å². The van der Waals surface area contributed by atoms with Gasteiger partial charge in [0.05, 0.1) is 30.6 Å². The van der Waals surface area contributed by atoms with Gasteiger partial charge >= 0.3 is 11.9 Å². The lowest BCUT2D eigenvalue weighted by Crippen LogP contribution is -2.48. The molecule has 35 heavy (non-hydrogen) atoms. The summed E-state index contributed by atoms with van der Waals surface area (Å²) in [5.41, 5.74) is 3.35. The Morgan fingerprint density at radius 3 is 2.31 bits per heavy atom. The minimum atomic E-state index is -1.11. The summed E-state index contributed by atoms with van der Waals surface area (Å²) in [4.78, 5) is 36.6. The molecule has 0 bridgehead atoms. The molecular weight excluding hydrogens is 446 g/mol. The summed E-state index contributed by atoms with van der Waals surface area (Å²) in [6.07, 6.45) is 3.08. The van der Waals surface area contributed by atoms with Crippen LogP contribution in [0.4, 0.5) is 0 Å². The molecule has 3 aromatic rings. The van der Waals surface area contributed by atoms with Crippen LogP contribution in [0.5, 0.6) is 0 Å². The summed E-state index contributed by atoms with van der Waals surface area (Å²) in [5.74, 6) is -3.12. The summed E-state index contributed by atoms with van der Waals surface area (Å²) in [5, 5.41) is 21.1. The maximum atomic E-state index is 13.0. The second-order valence-corrected chi connectivity index (χ2v) is 9.28. The molecule has 1 aliphatic rings. The Balaban J connectivity index is 1.54. The van der Waals surface area contributed by atoms with Crippen LogP contribution in [0.15, 0.2) is 67.0 Å². The third-order valence-electron chi connectivity index (χ3n) is 6.22. The molecule has 1 amide bonds. The van der Waals surface area contributed by atoms with Crippen LogP contribution in [0.3, 0.4) is 0 Å². The minimum absolute atomic E-state index is 0.190. The van der Waals surface area contributed by atoms with Crippen LogP contribution >= 0.6 is 0 Å². The fourth-order valence-electron chi connectivity index (χ4n) is 4.12.